The highest BCUT2D eigenvalue weighted by Gasteiger charge is 2.10. The van der Waals surface area contributed by atoms with E-state index in [9.17, 15) is 0 Å². The molecule has 1 nitrogen and oxygen atoms in total. The zero-order chi connectivity index (χ0) is 13.0. The van der Waals surface area contributed by atoms with Gasteiger partial charge in [0.2, 0.25) is 0 Å². The number of fused-ring (bicyclic) bond motifs is 1. The molecule has 1 aromatic rings. The molecule has 18 heavy (non-hydrogen) atoms. The first-order valence-electron chi connectivity index (χ1n) is 6.77. The van der Waals surface area contributed by atoms with Gasteiger partial charge in [-0.25, -0.2) is 0 Å². The van der Waals surface area contributed by atoms with Gasteiger partial charge in [0.15, 0.2) is 0 Å². The van der Waals surface area contributed by atoms with E-state index in [0.29, 0.717) is 0 Å². The number of aryl methyl sites for hydroxylation is 1. The van der Waals surface area contributed by atoms with E-state index in [0.717, 1.165) is 13.0 Å². The van der Waals surface area contributed by atoms with Crippen molar-refractivity contribution in [2.45, 2.75) is 26.2 Å². The molecule has 0 amide bonds. The lowest BCUT2D eigenvalue weighted by molar-refractivity contribution is 0.417. The van der Waals surface area contributed by atoms with E-state index in [-0.39, 0.29) is 0 Å². The van der Waals surface area contributed by atoms with Crippen LogP contribution in [0, 0.1) is 0 Å². The topological polar surface area (TPSA) is 3.24 Å². The van der Waals surface area contributed by atoms with Crippen molar-refractivity contribution in [2.24, 2.45) is 0 Å². The van der Waals surface area contributed by atoms with Crippen LogP contribution in [0.4, 0.5) is 0 Å². The van der Waals surface area contributed by atoms with E-state index in [1.165, 1.54) is 35.1 Å². The van der Waals surface area contributed by atoms with Crippen molar-refractivity contribution < 1.29 is 0 Å². The van der Waals surface area contributed by atoms with Crippen LogP contribution in [0.15, 0.2) is 42.0 Å². The minimum Gasteiger partial charge on any atom is -0.309 e. The summed E-state index contributed by atoms with van der Waals surface area (Å²) in [5.74, 6) is 0. The van der Waals surface area contributed by atoms with Crippen LogP contribution in [-0.4, -0.2) is 25.5 Å². The average molecular weight is 241 g/mol. The van der Waals surface area contributed by atoms with Gasteiger partial charge in [-0.1, -0.05) is 42.0 Å². The van der Waals surface area contributed by atoms with E-state index >= 15 is 0 Å². The van der Waals surface area contributed by atoms with Crippen molar-refractivity contribution in [3.05, 3.63) is 53.1 Å². The summed E-state index contributed by atoms with van der Waals surface area (Å²) in [6, 6.07) is 8.82. The first-order chi connectivity index (χ1) is 8.66. The van der Waals surface area contributed by atoms with Crippen LogP contribution >= 0.6 is 0 Å². The molecule has 2 rings (SSSR count). The Hall–Kier alpha value is -1.34. The summed E-state index contributed by atoms with van der Waals surface area (Å²) in [7, 11) is 4.25. The van der Waals surface area contributed by atoms with Crippen molar-refractivity contribution in [1.82, 2.24) is 4.90 Å². The Kier molecular flexibility index (Phi) is 4.38. The van der Waals surface area contributed by atoms with Crippen molar-refractivity contribution in [3.63, 3.8) is 0 Å². The number of benzene rings is 1. The summed E-state index contributed by atoms with van der Waals surface area (Å²) >= 11 is 0. The molecule has 1 aliphatic rings. The second-order valence-corrected chi connectivity index (χ2v) is 5.40. The third kappa shape index (κ3) is 3.33. The van der Waals surface area contributed by atoms with Gasteiger partial charge >= 0.3 is 0 Å². The van der Waals surface area contributed by atoms with Crippen LogP contribution < -0.4 is 0 Å². The molecule has 0 spiro atoms. The molecule has 0 atom stereocenters. The maximum Gasteiger partial charge on any atom is 0.00101 e. The van der Waals surface area contributed by atoms with E-state index in [4.69, 9.17) is 0 Å². The molecule has 0 aliphatic heterocycles. The highest BCUT2D eigenvalue weighted by molar-refractivity contribution is 5.77. The fraction of sp³-hybridized carbons (Fsp3) is 0.412. The van der Waals surface area contributed by atoms with E-state index < -0.39 is 0 Å². The Labute approximate surface area is 111 Å². The van der Waals surface area contributed by atoms with Gasteiger partial charge in [-0.2, -0.15) is 0 Å². The number of hydrogen-bond donors (Lipinski definition) is 0. The SMILES string of the molecule is CC1=C/C(=C/CCN(C)C)c2ccccc2CC1. The standard InChI is InChI=1S/C17H23N/c1-14-10-11-15-7-4-5-9-17(15)16(13-14)8-6-12-18(2)3/h4-5,7-9,13H,6,10-12H2,1-3H3/b16-8-. The van der Waals surface area contributed by atoms with Gasteiger partial charge in [-0.15, -0.1) is 0 Å². The molecule has 1 aliphatic carbocycles. The molecule has 0 saturated heterocycles. The monoisotopic (exact) mass is 241 g/mol. The Morgan fingerprint density at radius 1 is 1.17 bits per heavy atom. The Morgan fingerprint density at radius 3 is 2.72 bits per heavy atom. The lowest BCUT2D eigenvalue weighted by Crippen LogP contribution is -2.11. The number of allylic oxidation sites excluding steroid dienone is 3. The number of hydrogen-bond acceptors (Lipinski definition) is 1. The second-order valence-electron chi connectivity index (χ2n) is 5.40. The fourth-order valence-corrected chi connectivity index (χ4v) is 2.41. The van der Waals surface area contributed by atoms with Crippen molar-refractivity contribution in [3.8, 4) is 0 Å². The maximum absolute atomic E-state index is 2.38. The maximum atomic E-state index is 2.38. The molecule has 0 unspecified atom stereocenters. The number of rotatable bonds is 3. The van der Waals surface area contributed by atoms with Gasteiger partial charge in [0.25, 0.3) is 0 Å². The Bertz CT molecular complexity index is 466. The first-order valence-corrected chi connectivity index (χ1v) is 6.77. The summed E-state index contributed by atoms with van der Waals surface area (Å²) in [5.41, 5.74) is 5.81. The highest BCUT2D eigenvalue weighted by Crippen LogP contribution is 2.28. The van der Waals surface area contributed by atoms with Crippen LogP contribution in [0.1, 0.15) is 30.9 Å². The summed E-state index contributed by atoms with van der Waals surface area (Å²) in [6.07, 6.45) is 8.21. The molecule has 0 bridgehead atoms. The van der Waals surface area contributed by atoms with Gasteiger partial charge in [-0.05, 0) is 57.0 Å². The van der Waals surface area contributed by atoms with Crippen LogP contribution in [0.5, 0.6) is 0 Å². The summed E-state index contributed by atoms with van der Waals surface area (Å²) in [6.45, 7) is 3.35. The molecule has 0 N–H and O–H groups in total. The lowest BCUT2D eigenvalue weighted by atomic mass is 9.98. The van der Waals surface area contributed by atoms with E-state index in [1.54, 1.807) is 0 Å². The average Bonchev–Trinajstić information content (AvgIpc) is 2.50. The van der Waals surface area contributed by atoms with Crippen LogP contribution in [0.3, 0.4) is 0 Å². The van der Waals surface area contributed by atoms with Crippen molar-refractivity contribution in [2.75, 3.05) is 20.6 Å². The molecule has 1 aromatic carbocycles. The van der Waals surface area contributed by atoms with Crippen LogP contribution in [0.25, 0.3) is 5.57 Å². The molecule has 0 fully saturated rings. The summed E-state index contributed by atoms with van der Waals surface area (Å²) in [5, 5.41) is 0. The number of nitrogens with zero attached hydrogens (tertiary/aromatic N) is 1. The van der Waals surface area contributed by atoms with Gasteiger partial charge in [-0.3, -0.25) is 0 Å². The smallest absolute Gasteiger partial charge is 0.00101 e. The van der Waals surface area contributed by atoms with Gasteiger partial charge in [0.05, 0.1) is 0 Å². The normalized spacial score (nSPS) is 17.6. The lowest BCUT2D eigenvalue weighted by Gasteiger charge is -2.09. The Morgan fingerprint density at radius 2 is 1.94 bits per heavy atom. The predicted octanol–water partition coefficient (Wildman–Crippen LogP) is 3.91. The quantitative estimate of drug-likeness (QED) is 0.775. The van der Waals surface area contributed by atoms with Crippen LogP contribution in [-0.2, 0) is 6.42 Å². The van der Waals surface area contributed by atoms with Gasteiger partial charge in [0, 0.05) is 6.54 Å². The molecular formula is C17H23N. The van der Waals surface area contributed by atoms with Crippen LogP contribution in [0.2, 0.25) is 0 Å². The van der Waals surface area contributed by atoms with Gasteiger partial charge < -0.3 is 4.90 Å². The second kappa shape index (κ2) is 6.01. The molecule has 96 valence electrons. The zero-order valence-corrected chi connectivity index (χ0v) is 11.7. The van der Waals surface area contributed by atoms with Crippen molar-refractivity contribution in [1.29, 1.82) is 0 Å². The minimum atomic E-state index is 1.11. The Balaban J connectivity index is 2.28. The third-order valence-corrected chi connectivity index (χ3v) is 3.46. The molecular weight excluding hydrogens is 218 g/mol. The fourth-order valence-electron chi connectivity index (χ4n) is 2.41. The van der Waals surface area contributed by atoms with Crippen molar-refractivity contribution >= 4 is 5.57 Å². The largest absolute Gasteiger partial charge is 0.309 e. The highest BCUT2D eigenvalue weighted by atomic mass is 15.0. The van der Waals surface area contributed by atoms with E-state index in [2.05, 4.69) is 62.3 Å². The molecule has 0 aromatic heterocycles. The summed E-state index contributed by atoms with van der Waals surface area (Å²) in [4.78, 5) is 2.23. The first kappa shape index (κ1) is 13.1. The minimum absolute atomic E-state index is 1.11. The third-order valence-electron chi connectivity index (χ3n) is 3.46. The predicted molar refractivity (Wildman–Crippen MR) is 79.7 cm³/mol. The van der Waals surface area contributed by atoms with E-state index in [1.807, 2.05) is 0 Å². The summed E-state index contributed by atoms with van der Waals surface area (Å²) < 4.78 is 0. The molecule has 0 radical (unpaired) electrons. The molecule has 0 saturated carbocycles. The zero-order valence-electron chi connectivity index (χ0n) is 11.7. The molecule has 0 heterocycles. The molecule has 1 heteroatoms. The van der Waals surface area contributed by atoms with Gasteiger partial charge in [0.1, 0.15) is 0 Å².